The van der Waals surface area contributed by atoms with Gasteiger partial charge in [-0.3, -0.25) is 9.78 Å². The monoisotopic (exact) mass is 551 g/mol. The lowest BCUT2D eigenvalue weighted by Gasteiger charge is -2.23. The minimum absolute atomic E-state index is 0.00320. The summed E-state index contributed by atoms with van der Waals surface area (Å²) >= 11 is 0. The first-order chi connectivity index (χ1) is 18.2. The van der Waals surface area contributed by atoms with E-state index in [1.165, 1.54) is 30.9 Å². The van der Waals surface area contributed by atoms with E-state index in [0.29, 0.717) is 0 Å². The quantitative estimate of drug-likeness (QED) is 0.355. The molecule has 16 heteroatoms. The molecule has 204 valence electrons. The van der Waals surface area contributed by atoms with Gasteiger partial charge in [0, 0.05) is 12.1 Å². The molecule has 0 spiro atoms. The van der Waals surface area contributed by atoms with Gasteiger partial charge in [0.05, 0.1) is 28.7 Å². The fourth-order valence-electron chi connectivity index (χ4n) is 4.53. The first-order valence-corrected chi connectivity index (χ1v) is 11.5. The molecule has 5 heterocycles. The number of nitrogen functional groups attached to an aromatic ring is 1. The van der Waals surface area contributed by atoms with E-state index in [9.17, 15) is 31.1 Å². The van der Waals surface area contributed by atoms with E-state index < -0.39 is 35.7 Å². The van der Waals surface area contributed by atoms with Gasteiger partial charge in [-0.15, -0.1) is 0 Å². The van der Waals surface area contributed by atoms with Crippen LogP contribution in [0, 0.1) is 6.92 Å². The van der Waals surface area contributed by atoms with Gasteiger partial charge in [-0.25, -0.2) is 24.5 Å². The fraction of sp³-hybridized carbons (Fsp3) is 0.348. The average molecular weight is 551 g/mol. The van der Waals surface area contributed by atoms with Gasteiger partial charge in [0.1, 0.15) is 29.1 Å². The number of nitrogens with two attached hydrogens (primary N) is 1. The van der Waals surface area contributed by atoms with Crippen LogP contribution in [0.2, 0.25) is 0 Å². The second kappa shape index (κ2) is 8.84. The van der Waals surface area contributed by atoms with E-state index in [-0.39, 0.29) is 64.3 Å². The lowest BCUT2D eigenvalue weighted by atomic mass is 9.80. The van der Waals surface area contributed by atoms with E-state index >= 15 is 0 Å². The van der Waals surface area contributed by atoms with Crippen LogP contribution in [0.3, 0.4) is 0 Å². The smallest absolute Gasteiger partial charge is 0.383 e. The molecule has 0 aromatic carbocycles. The molecule has 1 unspecified atom stereocenters. The van der Waals surface area contributed by atoms with Gasteiger partial charge in [0.15, 0.2) is 11.5 Å². The fourth-order valence-corrected chi connectivity index (χ4v) is 4.53. The maximum absolute atomic E-state index is 13.2. The Labute approximate surface area is 215 Å². The van der Waals surface area contributed by atoms with Crippen molar-refractivity contribution in [2.45, 2.75) is 50.9 Å². The van der Waals surface area contributed by atoms with Crippen molar-refractivity contribution in [3.05, 3.63) is 52.9 Å². The molecule has 5 rings (SSSR count). The standard InChI is InChI=1S/C23H19F6N9O/c1-10-11(23(27,28)29)5-6-14(33-10)21(2)15-16(30)35-17(36-18(15)37-20(21)39)13-8-38-19(31-9-32-38)12(34-13)4-3-7-22(24,25)26/h5-6,8-9H,3-4,7H2,1-2H3,(H3,30,35,36,37,39). The summed E-state index contributed by atoms with van der Waals surface area (Å²) in [7, 11) is 0. The molecule has 1 aliphatic heterocycles. The van der Waals surface area contributed by atoms with Crippen LogP contribution in [0.1, 0.15) is 48.0 Å². The highest BCUT2D eigenvalue weighted by molar-refractivity contribution is 6.08. The Morgan fingerprint density at radius 2 is 1.82 bits per heavy atom. The van der Waals surface area contributed by atoms with Crippen molar-refractivity contribution in [2.24, 2.45) is 0 Å². The molecular formula is C23H19F6N9O. The van der Waals surface area contributed by atoms with Gasteiger partial charge in [0.2, 0.25) is 5.91 Å². The molecule has 0 radical (unpaired) electrons. The first kappa shape index (κ1) is 26.2. The third kappa shape index (κ3) is 4.59. The number of rotatable bonds is 5. The molecule has 3 N–H and O–H groups in total. The summed E-state index contributed by atoms with van der Waals surface area (Å²) in [6, 6.07) is 1.95. The maximum atomic E-state index is 13.2. The van der Waals surface area contributed by atoms with Crippen molar-refractivity contribution in [2.75, 3.05) is 11.1 Å². The number of carbonyl (C=O) groups excluding carboxylic acids is 1. The van der Waals surface area contributed by atoms with Crippen molar-refractivity contribution < 1.29 is 31.1 Å². The summed E-state index contributed by atoms with van der Waals surface area (Å²) in [6.45, 7) is 2.63. The van der Waals surface area contributed by atoms with Crippen molar-refractivity contribution in [3.63, 3.8) is 0 Å². The minimum Gasteiger partial charge on any atom is -0.383 e. The molecule has 0 saturated heterocycles. The van der Waals surface area contributed by atoms with Crippen molar-refractivity contribution in [1.29, 1.82) is 0 Å². The zero-order valence-electron chi connectivity index (χ0n) is 20.3. The van der Waals surface area contributed by atoms with Gasteiger partial charge in [0.25, 0.3) is 0 Å². The van der Waals surface area contributed by atoms with Crippen LogP contribution >= 0.6 is 0 Å². The lowest BCUT2D eigenvalue weighted by Crippen LogP contribution is -2.34. The summed E-state index contributed by atoms with van der Waals surface area (Å²) in [4.78, 5) is 34.2. The van der Waals surface area contributed by atoms with Crippen LogP contribution in [-0.4, -0.2) is 46.6 Å². The summed E-state index contributed by atoms with van der Waals surface area (Å²) in [5.41, 5.74) is 4.13. The molecule has 1 aliphatic rings. The first-order valence-electron chi connectivity index (χ1n) is 11.5. The van der Waals surface area contributed by atoms with E-state index in [1.54, 1.807) is 0 Å². The van der Waals surface area contributed by atoms with Crippen LogP contribution in [0.5, 0.6) is 0 Å². The van der Waals surface area contributed by atoms with Crippen molar-refractivity contribution in [1.82, 2.24) is 34.5 Å². The number of hydrogen-bond acceptors (Lipinski definition) is 8. The van der Waals surface area contributed by atoms with E-state index in [0.717, 1.165) is 12.1 Å². The van der Waals surface area contributed by atoms with Crippen LogP contribution < -0.4 is 11.1 Å². The molecule has 4 aromatic heterocycles. The minimum atomic E-state index is -4.62. The second-order valence-electron chi connectivity index (χ2n) is 9.13. The largest absolute Gasteiger partial charge is 0.418 e. The summed E-state index contributed by atoms with van der Waals surface area (Å²) in [5.74, 6) is -0.838. The zero-order chi connectivity index (χ0) is 28.3. The Morgan fingerprint density at radius 3 is 2.49 bits per heavy atom. The predicted octanol–water partition coefficient (Wildman–Crippen LogP) is 4.03. The number of alkyl halides is 6. The molecule has 1 amide bonds. The van der Waals surface area contributed by atoms with Gasteiger partial charge in [-0.05, 0) is 38.8 Å². The van der Waals surface area contributed by atoms with Gasteiger partial charge in [-0.2, -0.15) is 31.4 Å². The Balaban J connectivity index is 1.55. The summed E-state index contributed by atoms with van der Waals surface area (Å²) in [5, 5.41) is 6.60. The molecule has 10 nitrogen and oxygen atoms in total. The number of hydrogen-bond donors (Lipinski definition) is 2. The number of halogens is 6. The van der Waals surface area contributed by atoms with Crippen LogP contribution in [0.25, 0.3) is 17.2 Å². The van der Waals surface area contributed by atoms with Crippen LogP contribution in [0.15, 0.2) is 24.7 Å². The second-order valence-corrected chi connectivity index (χ2v) is 9.13. The number of fused-ring (bicyclic) bond motifs is 2. The third-order valence-corrected chi connectivity index (χ3v) is 6.46. The molecule has 0 bridgehead atoms. The van der Waals surface area contributed by atoms with Gasteiger partial charge < -0.3 is 11.1 Å². The average Bonchev–Trinajstić information content (AvgIpc) is 3.40. The lowest BCUT2D eigenvalue weighted by molar-refractivity contribution is -0.138. The number of nitrogens with one attached hydrogen (secondary N) is 1. The number of pyridine rings is 1. The third-order valence-electron chi connectivity index (χ3n) is 6.46. The maximum Gasteiger partial charge on any atom is 0.418 e. The number of carbonyl (C=O) groups is 1. The predicted molar refractivity (Wildman–Crippen MR) is 124 cm³/mol. The van der Waals surface area contributed by atoms with E-state index in [2.05, 4.69) is 35.3 Å². The summed E-state index contributed by atoms with van der Waals surface area (Å²) < 4.78 is 79.0. The molecule has 0 aliphatic carbocycles. The highest BCUT2D eigenvalue weighted by Gasteiger charge is 2.49. The molecular weight excluding hydrogens is 532 g/mol. The molecule has 39 heavy (non-hydrogen) atoms. The Bertz CT molecular complexity index is 1610. The van der Waals surface area contributed by atoms with Gasteiger partial charge >= 0.3 is 12.4 Å². The number of nitrogens with zero attached hydrogens (tertiary/aromatic N) is 7. The number of amides is 1. The molecule has 1 atom stereocenters. The van der Waals surface area contributed by atoms with Crippen molar-refractivity contribution in [3.8, 4) is 11.5 Å². The highest BCUT2D eigenvalue weighted by Crippen LogP contribution is 2.45. The van der Waals surface area contributed by atoms with Crippen LogP contribution in [0.4, 0.5) is 38.0 Å². The van der Waals surface area contributed by atoms with E-state index in [1.807, 2.05) is 0 Å². The van der Waals surface area contributed by atoms with Gasteiger partial charge in [-0.1, -0.05) is 0 Å². The topological polar surface area (TPSA) is 137 Å². The molecule has 0 fully saturated rings. The highest BCUT2D eigenvalue weighted by atomic mass is 19.4. The van der Waals surface area contributed by atoms with Crippen LogP contribution in [-0.2, 0) is 22.8 Å². The Kier molecular flexibility index (Phi) is 5.95. The zero-order valence-corrected chi connectivity index (χ0v) is 20.3. The Morgan fingerprint density at radius 1 is 1.08 bits per heavy atom. The number of anilines is 2. The number of aryl methyl sites for hydroxylation is 2. The normalized spacial score (nSPS) is 17.5. The number of aromatic nitrogens is 7. The van der Waals surface area contributed by atoms with E-state index in [4.69, 9.17) is 5.73 Å². The Hall–Kier alpha value is -4.37. The van der Waals surface area contributed by atoms with Crippen molar-refractivity contribution >= 4 is 23.2 Å². The molecule has 4 aromatic rings. The summed E-state index contributed by atoms with van der Waals surface area (Å²) in [6.07, 6.45) is -7.61. The molecule has 0 saturated carbocycles. The SMILES string of the molecule is Cc1nc(C2(C)C(=O)Nc3nc(-c4cn5ncnc5c(CCCC(F)(F)F)n4)nc(N)c32)ccc1C(F)(F)F.